The van der Waals surface area contributed by atoms with Crippen LogP contribution in [0.3, 0.4) is 0 Å². The van der Waals surface area contributed by atoms with Crippen LogP contribution in [-0.4, -0.2) is 25.5 Å². The summed E-state index contributed by atoms with van der Waals surface area (Å²) >= 11 is 0. The Morgan fingerprint density at radius 1 is 1.50 bits per heavy atom. The van der Waals surface area contributed by atoms with Crippen LogP contribution < -0.4 is 16.0 Å². The van der Waals surface area contributed by atoms with Gasteiger partial charge in [0.05, 0.1) is 6.54 Å². The molecular weight excluding hydrogens is 226 g/mol. The number of benzene rings is 1. The van der Waals surface area contributed by atoms with Gasteiger partial charge < -0.3 is 16.0 Å². The van der Waals surface area contributed by atoms with Gasteiger partial charge in [-0.25, -0.2) is 0 Å². The fourth-order valence-electron chi connectivity index (χ4n) is 1.89. The van der Waals surface area contributed by atoms with Crippen LogP contribution in [0.5, 0.6) is 0 Å². The van der Waals surface area contributed by atoms with Crippen molar-refractivity contribution in [2.45, 2.75) is 32.7 Å². The number of nitrogens with zero attached hydrogens (tertiary/aromatic N) is 1. The maximum absolute atomic E-state index is 11.8. The van der Waals surface area contributed by atoms with E-state index < -0.39 is 0 Å². The highest BCUT2D eigenvalue weighted by Gasteiger charge is 2.10. The second-order valence-corrected chi connectivity index (χ2v) is 4.71. The molecule has 1 unspecified atom stereocenters. The van der Waals surface area contributed by atoms with Crippen LogP contribution in [0.1, 0.15) is 26.7 Å². The number of anilines is 2. The van der Waals surface area contributed by atoms with E-state index in [0.717, 1.165) is 18.5 Å². The van der Waals surface area contributed by atoms with Crippen LogP contribution in [0.15, 0.2) is 24.3 Å². The molecule has 0 fully saturated rings. The van der Waals surface area contributed by atoms with Gasteiger partial charge in [-0.2, -0.15) is 0 Å². The van der Waals surface area contributed by atoms with E-state index in [9.17, 15) is 4.79 Å². The SMILES string of the molecule is CCCC(C)NC(=O)CN(C)c1cccc(N)c1. The van der Waals surface area contributed by atoms with E-state index in [1.807, 2.05) is 43.1 Å². The molecule has 0 aliphatic heterocycles. The molecule has 18 heavy (non-hydrogen) atoms. The molecule has 0 radical (unpaired) electrons. The largest absolute Gasteiger partial charge is 0.399 e. The molecule has 100 valence electrons. The Kier molecular flexibility index (Phi) is 5.49. The van der Waals surface area contributed by atoms with E-state index >= 15 is 0 Å². The average molecular weight is 249 g/mol. The van der Waals surface area contributed by atoms with Gasteiger partial charge in [0, 0.05) is 24.5 Å². The van der Waals surface area contributed by atoms with Crippen molar-refractivity contribution in [1.29, 1.82) is 0 Å². The fraction of sp³-hybridized carbons (Fsp3) is 0.500. The Hall–Kier alpha value is -1.71. The van der Waals surface area contributed by atoms with Gasteiger partial charge in [-0.1, -0.05) is 19.4 Å². The van der Waals surface area contributed by atoms with Crippen molar-refractivity contribution in [3.05, 3.63) is 24.3 Å². The first-order valence-electron chi connectivity index (χ1n) is 6.39. The van der Waals surface area contributed by atoms with Crippen LogP contribution in [0.25, 0.3) is 0 Å². The van der Waals surface area contributed by atoms with Gasteiger partial charge in [0.25, 0.3) is 0 Å². The van der Waals surface area contributed by atoms with E-state index in [-0.39, 0.29) is 11.9 Å². The molecule has 0 bridgehead atoms. The number of carbonyl (C=O) groups excluding carboxylic acids is 1. The highest BCUT2D eigenvalue weighted by molar-refractivity contribution is 5.81. The molecule has 1 amide bonds. The number of nitrogen functional groups attached to an aromatic ring is 1. The molecule has 1 aromatic rings. The van der Waals surface area contributed by atoms with E-state index in [0.29, 0.717) is 12.2 Å². The minimum atomic E-state index is 0.0425. The molecule has 3 N–H and O–H groups in total. The van der Waals surface area contributed by atoms with Crippen LogP contribution in [0, 0.1) is 0 Å². The molecule has 1 rings (SSSR count). The van der Waals surface area contributed by atoms with Crippen molar-refractivity contribution in [3.8, 4) is 0 Å². The van der Waals surface area contributed by atoms with Gasteiger partial charge in [-0.15, -0.1) is 0 Å². The molecule has 0 aliphatic carbocycles. The predicted octanol–water partition coefficient (Wildman–Crippen LogP) is 2.01. The summed E-state index contributed by atoms with van der Waals surface area (Å²) in [7, 11) is 1.89. The van der Waals surface area contributed by atoms with Crippen molar-refractivity contribution in [2.75, 3.05) is 24.2 Å². The summed E-state index contributed by atoms with van der Waals surface area (Å²) in [5.41, 5.74) is 7.38. The Bertz CT molecular complexity index is 392. The van der Waals surface area contributed by atoms with E-state index in [2.05, 4.69) is 12.2 Å². The van der Waals surface area contributed by atoms with Crippen LogP contribution >= 0.6 is 0 Å². The smallest absolute Gasteiger partial charge is 0.239 e. The standard InChI is InChI=1S/C14H23N3O/c1-4-6-11(2)16-14(18)10-17(3)13-8-5-7-12(15)9-13/h5,7-9,11H,4,6,10,15H2,1-3H3,(H,16,18). The van der Waals surface area contributed by atoms with Crippen LogP contribution in [-0.2, 0) is 4.79 Å². The van der Waals surface area contributed by atoms with E-state index in [1.165, 1.54) is 0 Å². The lowest BCUT2D eigenvalue weighted by Gasteiger charge is -2.20. The van der Waals surface area contributed by atoms with E-state index in [1.54, 1.807) is 0 Å². The lowest BCUT2D eigenvalue weighted by molar-refractivity contribution is -0.120. The van der Waals surface area contributed by atoms with Crippen molar-refractivity contribution >= 4 is 17.3 Å². The first kappa shape index (κ1) is 14.4. The number of nitrogens with two attached hydrogens (primary N) is 1. The highest BCUT2D eigenvalue weighted by atomic mass is 16.2. The molecule has 0 spiro atoms. The normalized spacial score (nSPS) is 11.9. The highest BCUT2D eigenvalue weighted by Crippen LogP contribution is 2.15. The van der Waals surface area contributed by atoms with Crippen molar-refractivity contribution in [1.82, 2.24) is 5.32 Å². The Morgan fingerprint density at radius 2 is 2.22 bits per heavy atom. The van der Waals surface area contributed by atoms with Gasteiger partial charge in [0.15, 0.2) is 0 Å². The fourth-order valence-corrected chi connectivity index (χ4v) is 1.89. The topological polar surface area (TPSA) is 58.4 Å². The monoisotopic (exact) mass is 249 g/mol. The lowest BCUT2D eigenvalue weighted by Crippen LogP contribution is -2.39. The first-order chi connectivity index (χ1) is 8.52. The van der Waals surface area contributed by atoms with Gasteiger partial charge in [-0.3, -0.25) is 4.79 Å². The maximum atomic E-state index is 11.8. The zero-order valence-corrected chi connectivity index (χ0v) is 11.4. The summed E-state index contributed by atoms with van der Waals surface area (Å²) in [4.78, 5) is 13.7. The van der Waals surface area contributed by atoms with Gasteiger partial charge in [0.2, 0.25) is 5.91 Å². The number of carbonyl (C=O) groups is 1. The van der Waals surface area contributed by atoms with E-state index in [4.69, 9.17) is 5.73 Å². The van der Waals surface area contributed by atoms with Crippen molar-refractivity contribution < 1.29 is 4.79 Å². The second-order valence-electron chi connectivity index (χ2n) is 4.71. The molecule has 0 aromatic heterocycles. The van der Waals surface area contributed by atoms with Crippen LogP contribution in [0.2, 0.25) is 0 Å². The number of hydrogen-bond acceptors (Lipinski definition) is 3. The van der Waals surface area contributed by atoms with Gasteiger partial charge >= 0.3 is 0 Å². The van der Waals surface area contributed by atoms with Crippen molar-refractivity contribution in [2.24, 2.45) is 0 Å². The summed E-state index contributed by atoms with van der Waals surface area (Å²) in [6, 6.07) is 7.76. The number of likely N-dealkylation sites (N-methyl/N-ethyl adjacent to an activating group) is 1. The Labute approximate surface area is 109 Å². The summed E-state index contributed by atoms with van der Waals surface area (Å²) < 4.78 is 0. The second kappa shape index (κ2) is 6.89. The Morgan fingerprint density at radius 3 is 2.83 bits per heavy atom. The number of rotatable bonds is 6. The number of hydrogen-bond donors (Lipinski definition) is 2. The third-order valence-electron chi connectivity index (χ3n) is 2.82. The van der Waals surface area contributed by atoms with Crippen LogP contribution in [0.4, 0.5) is 11.4 Å². The number of amides is 1. The molecule has 4 nitrogen and oxygen atoms in total. The molecule has 1 atom stereocenters. The molecule has 0 saturated carbocycles. The molecular formula is C14H23N3O. The summed E-state index contributed by atoms with van der Waals surface area (Å²) in [6.07, 6.45) is 2.08. The van der Waals surface area contributed by atoms with Crippen molar-refractivity contribution in [3.63, 3.8) is 0 Å². The number of nitrogens with one attached hydrogen (secondary N) is 1. The minimum Gasteiger partial charge on any atom is -0.399 e. The summed E-state index contributed by atoms with van der Waals surface area (Å²) in [6.45, 7) is 4.49. The third-order valence-corrected chi connectivity index (χ3v) is 2.82. The molecule has 0 saturated heterocycles. The quantitative estimate of drug-likeness (QED) is 0.758. The predicted molar refractivity (Wildman–Crippen MR) is 76.6 cm³/mol. The molecule has 0 aliphatic rings. The zero-order chi connectivity index (χ0) is 13.5. The maximum Gasteiger partial charge on any atom is 0.239 e. The first-order valence-corrected chi connectivity index (χ1v) is 6.39. The third kappa shape index (κ3) is 4.65. The lowest BCUT2D eigenvalue weighted by atomic mass is 10.2. The molecule has 1 aromatic carbocycles. The average Bonchev–Trinajstić information content (AvgIpc) is 2.28. The summed E-state index contributed by atoms with van der Waals surface area (Å²) in [5.74, 6) is 0.0425. The molecule has 4 heteroatoms. The zero-order valence-electron chi connectivity index (χ0n) is 11.4. The molecule has 0 heterocycles. The summed E-state index contributed by atoms with van der Waals surface area (Å²) in [5, 5.41) is 2.98. The van der Waals surface area contributed by atoms with Gasteiger partial charge in [-0.05, 0) is 31.5 Å². The van der Waals surface area contributed by atoms with Gasteiger partial charge in [0.1, 0.15) is 0 Å². The Balaban J connectivity index is 2.49. The minimum absolute atomic E-state index is 0.0425.